The van der Waals surface area contributed by atoms with E-state index in [0.717, 1.165) is 32.0 Å². The molecule has 4 nitrogen and oxygen atoms in total. The van der Waals surface area contributed by atoms with Crippen LogP contribution in [-0.4, -0.2) is 43.6 Å². The summed E-state index contributed by atoms with van der Waals surface area (Å²) in [5, 5.41) is 7.62. The van der Waals surface area contributed by atoms with Crippen molar-refractivity contribution in [3.8, 4) is 0 Å². The van der Waals surface area contributed by atoms with Crippen LogP contribution in [0.15, 0.2) is 0 Å². The number of nitrogens with one attached hydrogen (secondary N) is 1. The predicted molar refractivity (Wildman–Crippen MR) is 75.9 cm³/mol. The Bertz CT molecular complexity index is 274. The van der Waals surface area contributed by atoms with E-state index in [1.165, 1.54) is 12.8 Å². The van der Waals surface area contributed by atoms with Gasteiger partial charge in [-0.25, -0.2) is 0 Å². The van der Waals surface area contributed by atoms with E-state index in [2.05, 4.69) is 11.8 Å². The fourth-order valence-electron chi connectivity index (χ4n) is 2.16. The molecule has 0 aromatic heterocycles. The lowest BCUT2D eigenvalue weighted by atomic mass is 9.87. The summed E-state index contributed by atoms with van der Waals surface area (Å²) in [7, 11) is 1.75. The second-order valence-electron chi connectivity index (χ2n) is 6.15. The number of amidine groups is 1. The van der Waals surface area contributed by atoms with Gasteiger partial charge in [-0.1, -0.05) is 13.8 Å². The van der Waals surface area contributed by atoms with Crippen molar-refractivity contribution in [2.75, 3.05) is 26.8 Å². The van der Waals surface area contributed by atoms with E-state index in [1.54, 1.807) is 7.11 Å². The third-order valence-electron chi connectivity index (χ3n) is 4.22. The Morgan fingerprint density at radius 3 is 2.50 bits per heavy atom. The lowest BCUT2D eigenvalue weighted by Gasteiger charge is -2.32. The van der Waals surface area contributed by atoms with Crippen LogP contribution >= 0.6 is 0 Å². The van der Waals surface area contributed by atoms with Gasteiger partial charge in [0.25, 0.3) is 0 Å². The largest absolute Gasteiger partial charge is 0.387 e. The topological polar surface area (TPSA) is 62.3 Å². The van der Waals surface area contributed by atoms with Crippen LogP contribution in [0.25, 0.3) is 0 Å². The molecule has 1 fully saturated rings. The van der Waals surface area contributed by atoms with E-state index < -0.39 is 0 Å². The van der Waals surface area contributed by atoms with Crippen LogP contribution < -0.4 is 5.73 Å². The molecule has 1 aliphatic rings. The van der Waals surface area contributed by atoms with Crippen LogP contribution in [0.5, 0.6) is 0 Å². The van der Waals surface area contributed by atoms with Gasteiger partial charge in [-0.2, -0.15) is 0 Å². The van der Waals surface area contributed by atoms with Gasteiger partial charge in [-0.3, -0.25) is 10.3 Å². The number of hydrogen-bond donors (Lipinski definition) is 2. The highest BCUT2D eigenvalue weighted by Gasteiger charge is 2.32. The molecular weight excluding hydrogens is 226 g/mol. The van der Waals surface area contributed by atoms with Gasteiger partial charge in [0.05, 0.1) is 12.4 Å². The zero-order valence-electron chi connectivity index (χ0n) is 12.3. The number of hydrogen-bond acceptors (Lipinski definition) is 3. The molecule has 0 saturated heterocycles. The van der Waals surface area contributed by atoms with Crippen molar-refractivity contribution < 1.29 is 4.74 Å². The molecule has 1 aliphatic carbocycles. The molecule has 0 heterocycles. The first kappa shape index (κ1) is 15.4. The molecule has 1 rings (SSSR count). The van der Waals surface area contributed by atoms with Gasteiger partial charge in [0.15, 0.2) is 0 Å². The molecule has 4 heteroatoms. The monoisotopic (exact) mass is 255 g/mol. The van der Waals surface area contributed by atoms with Crippen molar-refractivity contribution in [2.24, 2.45) is 17.1 Å². The predicted octanol–water partition coefficient (Wildman–Crippen LogP) is 2.09. The Balaban J connectivity index is 2.47. The molecule has 1 unspecified atom stereocenters. The Labute approximate surface area is 111 Å². The van der Waals surface area contributed by atoms with Gasteiger partial charge in [0, 0.05) is 25.1 Å². The van der Waals surface area contributed by atoms with E-state index in [1.807, 2.05) is 13.8 Å². The van der Waals surface area contributed by atoms with Gasteiger partial charge in [-0.15, -0.1) is 0 Å². The minimum atomic E-state index is -0.200. The Morgan fingerprint density at radius 2 is 2.06 bits per heavy atom. The fourth-order valence-corrected chi connectivity index (χ4v) is 2.16. The molecule has 0 aromatic carbocycles. The third kappa shape index (κ3) is 4.58. The molecule has 0 aliphatic heterocycles. The highest BCUT2D eigenvalue weighted by atomic mass is 16.5. The Morgan fingerprint density at radius 1 is 1.44 bits per heavy atom. The molecule has 1 saturated carbocycles. The first-order chi connectivity index (χ1) is 8.38. The maximum Gasteiger partial charge on any atom is 0.0963 e. The van der Waals surface area contributed by atoms with E-state index >= 15 is 0 Å². The van der Waals surface area contributed by atoms with Gasteiger partial charge in [0.1, 0.15) is 0 Å². The molecule has 18 heavy (non-hydrogen) atoms. The summed E-state index contributed by atoms with van der Waals surface area (Å²) < 4.78 is 5.19. The molecule has 0 bridgehead atoms. The second kappa shape index (κ2) is 6.53. The van der Waals surface area contributed by atoms with Crippen LogP contribution in [-0.2, 0) is 4.74 Å². The summed E-state index contributed by atoms with van der Waals surface area (Å²) >= 11 is 0. The minimum Gasteiger partial charge on any atom is -0.387 e. The van der Waals surface area contributed by atoms with Crippen LogP contribution in [0.1, 0.15) is 40.0 Å². The Hall–Kier alpha value is -0.610. The molecule has 0 amide bonds. The van der Waals surface area contributed by atoms with Crippen molar-refractivity contribution in [3.63, 3.8) is 0 Å². The zero-order chi connectivity index (χ0) is 13.8. The van der Waals surface area contributed by atoms with Crippen LogP contribution in [0.4, 0.5) is 0 Å². The molecule has 1 atom stereocenters. The van der Waals surface area contributed by atoms with Crippen molar-refractivity contribution >= 4 is 5.84 Å². The van der Waals surface area contributed by atoms with E-state index in [4.69, 9.17) is 15.9 Å². The maximum absolute atomic E-state index is 7.62. The smallest absolute Gasteiger partial charge is 0.0963 e. The molecule has 0 radical (unpaired) electrons. The summed E-state index contributed by atoms with van der Waals surface area (Å²) in [6.07, 6.45) is 3.66. The van der Waals surface area contributed by atoms with Crippen LogP contribution in [0, 0.1) is 16.7 Å². The lowest BCUT2D eigenvalue weighted by Crippen LogP contribution is -2.41. The van der Waals surface area contributed by atoms with Crippen molar-refractivity contribution in [1.29, 1.82) is 5.41 Å². The second-order valence-corrected chi connectivity index (χ2v) is 6.15. The average molecular weight is 255 g/mol. The summed E-state index contributed by atoms with van der Waals surface area (Å²) in [6.45, 7) is 9.15. The highest BCUT2D eigenvalue weighted by molar-refractivity contribution is 5.82. The number of nitrogens with two attached hydrogens (primary N) is 1. The highest BCUT2D eigenvalue weighted by Crippen LogP contribution is 2.35. The number of nitrogens with zero attached hydrogens (tertiary/aromatic N) is 1. The van der Waals surface area contributed by atoms with Crippen LogP contribution in [0.2, 0.25) is 0 Å². The van der Waals surface area contributed by atoms with E-state index in [0.29, 0.717) is 6.04 Å². The normalized spacial score (nSPS) is 18.1. The maximum atomic E-state index is 7.62. The fraction of sp³-hybridized carbons (Fsp3) is 0.929. The van der Waals surface area contributed by atoms with Crippen molar-refractivity contribution in [3.05, 3.63) is 0 Å². The number of methoxy groups -OCH3 is 1. The summed E-state index contributed by atoms with van der Waals surface area (Å²) in [5.74, 6) is 1.15. The molecule has 0 aromatic rings. The molecule has 106 valence electrons. The standard InChI is InChI=1S/C14H29N3O/c1-11(12-5-6-12)17(9-10-18-4)8-7-14(2,3)13(15)16/h11-12H,5-10H2,1-4H3,(H3,15,16). The van der Waals surface area contributed by atoms with Crippen molar-refractivity contribution in [2.45, 2.75) is 46.1 Å². The molecular formula is C14H29N3O. The minimum absolute atomic E-state index is 0.200. The van der Waals surface area contributed by atoms with Gasteiger partial charge in [0.2, 0.25) is 0 Å². The average Bonchev–Trinajstić information content (AvgIpc) is 3.12. The SMILES string of the molecule is COCCN(CCC(C)(C)C(=N)N)C(C)C1CC1. The molecule has 0 spiro atoms. The van der Waals surface area contributed by atoms with Gasteiger partial charge < -0.3 is 10.5 Å². The summed E-state index contributed by atoms with van der Waals surface area (Å²) in [5.41, 5.74) is 5.45. The summed E-state index contributed by atoms with van der Waals surface area (Å²) in [6, 6.07) is 0.628. The Kier molecular flexibility index (Phi) is 5.60. The first-order valence-corrected chi connectivity index (χ1v) is 6.96. The van der Waals surface area contributed by atoms with Crippen molar-refractivity contribution in [1.82, 2.24) is 4.90 Å². The first-order valence-electron chi connectivity index (χ1n) is 6.96. The molecule has 3 N–H and O–H groups in total. The quantitative estimate of drug-likeness (QED) is 0.490. The zero-order valence-corrected chi connectivity index (χ0v) is 12.3. The van der Waals surface area contributed by atoms with E-state index in [9.17, 15) is 0 Å². The van der Waals surface area contributed by atoms with E-state index in [-0.39, 0.29) is 11.3 Å². The van der Waals surface area contributed by atoms with Crippen LogP contribution in [0.3, 0.4) is 0 Å². The van der Waals surface area contributed by atoms with Gasteiger partial charge >= 0.3 is 0 Å². The lowest BCUT2D eigenvalue weighted by molar-refractivity contribution is 0.110. The summed E-state index contributed by atoms with van der Waals surface area (Å²) in [4.78, 5) is 2.49. The number of ether oxygens (including phenoxy) is 1. The van der Waals surface area contributed by atoms with Gasteiger partial charge in [-0.05, 0) is 38.6 Å². The number of rotatable bonds is 9. The third-order valence-corrected chi connectivity index (χ3v) is 4.22.